The van der Waals surface area contributed by atoms with Gasteiger partial charge in [-0.1, -0.05) is 17.7 Å². The highest BCUT2D eigenvalue weighted by Crippen LogP contribution is 2.20. The summed E-state index contributed by atoms with van der Waals surface area (Å²) in [4.78, 5) is 11.9. The van der Waals surface area contributed by atoms with Crippen molar-refractivity contribution >= 4 is 23.2 Å². The summed E-state index contributed by atoms with van der Waals surface area (Å²) < 4.78 is 5.48. The molecular formula is C17H15ClN2O2. The average Bonchev–Trinajstić information content (AvgIpc) is 2.44. The molecule has 0 heterocycles. The second-order valence-corrected chi connectivity index (χ2v) is 5.37. The Kier molecular flexibility index (Phi) is 5.03. The molecule has 4 nitrogen and oxygen atoms in total. The Bertz CT molecular complexity index is 731. The molecule has 0 aromatic heterocycles. The predicted molar refractivity (Wildman–Crippen MR) is 86.2 cm³/mol. The standard InChI is InChI=1S/C17H15ClN2O2/c1-11-5-12(2)7-15(6-11)22-10-17(21)20-14-4-3-13(9-19)16(18)8-14/h3-8H,10H2,1-2H3,(H,20,21). The van der Waals surface area contributed by atoms with E-state index in [9.17, 15) is 4.79 Å². The SMILES string of the molecule is Cc1cc(C)cc(OCC(=O)Nc2ccc(C#N)c(Cl)c2)c1. The Hall–Kier alpha value is -2.51. The number of benzene rings is 2. The van der Waals surface area contributed by atoms with Gasteiger partial charge in [0, 0.05) is 5.69 Å². The lowest BCUT2D eigenvalue weighted by molar-refractivity contribution is -0.118. The second-order valence-electron chi connectivity index (χ2n) is 4.97. The van der Waals surface area contributed by atoms with E-state index in [4.69, 9.17) is 21.6 Å². The van der Waals surface area contributed by atoms with Gasteiger partial charge in [-0.25, -0.2) is 0 Å². The summed E-state index contributed by atoms with van der Waals surface area (Å²) in [7, 11) is 0. The van der Waals surface area contributed by atoms with Crippen molar-refractivity contribution < 1.29 is 9.53 Å². The first kappa shape index (κ1) is 15.9. The zero-order chi connectivity index (χ0) is 16.1. The van der Waals surface area contributed by atoms with E-state index in [-0.39, 0.29) is 12.5 Å². The average molecular weight is 315 g/mol. The van der Waals surface area contributed by atoms with Gasteiger partial charge in [-0.15, -0.1) is 0 Å². The van der Waals surface area contributed by atoms with Crippen molar-refractivity contribution in [2.24, 2.45) is 0 Å². The summed E-state index contributed by atoms with van der Waals surface area (Å²) in [6.45, 7) is 3.85. The maximum absolute atomic E-state index is 11.9. The van der Waals surface area contributed by atoms with Gasteiger partial charge in [-0.3, -0.25) is 4.79 Å². The molecule has 0 saturated heterocycles. The summed E-state index contributed by atoms with van der Waals surface area (Å²) in [5.74, 6) is 0.366. The van der Waals surface area contributed by atoms with Crippen LogP contribution in [-0.4, -0.2) is 12.5 Å². The smallest absolute Gasteiger partial charge is 0.262 e. The molecule has 0 aliphatic heterocycles. The number of hydrogen-bond donors (Lipinski definition) is 1. The Labute approximate surface area is 134 Å². The molecule has 22 heavy (non-hydrogen) atoms. The highest BCUT2D eigenvalue weighted by Gasteiger charge is 2.07. The van der Waals surface area contributed by atoms with Gasteiger partial charge in [0.2, 0.25) is 0 Å². The fourth-order valence-corrected chi connectivity index (χ4v) is 2.27. The molecule has 0 atom stereocenters. The van der Waals surface area contributed by atoms with Crippen LogP contribution in [0.5, 0.6) is 5.75 Å². The van der Waals surface area contributed by atoms with Crippen LogP contribution in [-0.2, 0) is 4.79 Å². The molecule has 0 fully saturated rings. The molecule has 0 radical (unpaired) electrons. The second kappa shape index (κ2) is 6.97. The summed E-state index contributed by atoms with van der Waals surface area (Å²) >= 11 is 5.92. The van der Waals surface area contributed by atoms with Crippen LogP contribution in [0.4, 0.5) is 5.69 Å². The number of rotatable bonds is 4. The third-order valence-corrected chi connectivity index (χ3v) is 3.25. The van der Waals surface area contributed by atoms with Gasteiger partial charge in [0.25, 0.3) is 5.91 Å². The highest BCUT2D eigenvalue weighted by molar-refractivity contribution is 6.32. The number of hydrogen-bond acceptors (Lipinski definition) is 3. The lowest BCUT2D eigenvalue weighted by Crippen LogP contribution is -2.20. The number of nitrogens with one attached hydrogen (secondary N) is 1. The topological polar surface area (TPSA) is 62.1 Å². The number of nitrogens with zero attached hydrogens (tertiary/aromatic N) is 1. The van der Waals surface area contributed by atoms with Crippen LogP contribution < -0.4 is 10.1 Å². The summed E-state index contributed by atoms with van der Waals surface area (Å²) in [5.41, 5.74) is 3.05. The Morgan fingerprint density at radius 3 is 2.50 bits per heavy atom. The largest absolute Gasteiger partial charge is 0.484 e. The maximum Gasteiger partial charge on any atom is 0.262 e. The Morgan fingerprint density at radius 2 is 1.91 bits per heavy atom. The molecule has 2 aromatic rings. The minimum absolute atomic E-state index is 0.0967. The van der Waals surface area contributed by atoms with Crippen molar-refractivity contribution in [2.45, 2.75) is 13.8 Å². The van der Waals surface area contributed by atoms with Crippen LogP contribution in [0.1, 0.15) is 16.7 Å². The van der Waals surface area contributed by atoms with Crippen molar-refractivity contribution in [3.63, 3.8) is 0 Å². The number of anilines is 1. The number of carbonyl (C=O) groups is 1. The monoisotopic (exact) mass is 314 g/mol. The Balaban J connectivity index is 1.96. The number of aryl methyl sites for hydroxylation is 2. The highest BCUT2D eigenvalue weighted by atomic mass is 35.5. The first-order valence-electron chi connectivity index (χ1n) is 6.68. The van der Waals surface area contributed by atoms with Gasteiger partial charge in [-0.05, 0) is 55.3 Å². The first-order valence-corrected chi connectivity index (χ1v) is 7.06. The number of halogens is 1. The van der Waals surface area contributed by atoms with Gasteiger partial charge >= 0.3 is 0 Å². The summed E-state index contributed by atoms with van der Waals surface area (Å²) in [6.07, 6.45) is 0. The molecule has 0 saturated carbocycles. The molecule has 1 amide bonds. The molecule has 0 bridgehead atoms. The molecule has 0 spiro atoms. The Morgan fingerprint density at radius 1 is 1.23 bits per heavy atom. The van der Waals surface area contributed by atoms with Crippen LogP contribution in [0.25, 0.3) is 0 Å². The quantitative estimate of drug-likeness (QED) is 0.932. The first-order chi connectivity index (χ1) is 10.5. The minimum atomic E-state index is -0.292. The maximum atomic E-state index is 11.9. The minimum Gasteiger partial charge on any atom is -0.484 e. The van der Waals surface area contributed by atoms with Crippen LogP contribution in [0.3, 0.4) is 0 Å². The van der Waals surface area contributed by atoms with E-state index in [2.05, 4.69) is 5.32 Å². The van der Waals surface area contributed by atoms with Crippen LogP contribution in [0, 0.1) is 25.2 Å². The van der Waals surface area contributed by atoms with Gasteiger partial charge in [0.05, 0.1) is 10.6 Å². The number of ether oxygens (including phenoxy) is 1. The lowest BCUT2D eigenvalue weighted by Gasteiger charge is -2.09. The van der Waals surface area contributed by atoms with E-state index in [1.807, 2.05) is 38.1 Å². The summed E-state index contributed by atoms with van der Waals surface area (Å²) in [6, 6.07) is 12.5. The lowest BCUT2D eigenvalue weighted by atomic mass is 10.1. The van der Waals surface area contributed by atoms with E-state index in [1.54, 1.807) is 12.1 Å². The van der Waals surface area contributed by atoms with Gasteiger partial charge in [-0.2, -0.15) is 5.26 Å². The zero-order valence-corrected chi connectivity index (χ0v) is 13.1. The zero-order valence-electron chi connectivity index (χ0n) is 12.3. The van der Waals surface area contributed by atoms with Crippen molar-refractivity contribution in [2.75, 3.05) is 11.9 Å². The fourth-order valence-electron chi connectivity index (χ4n) is 2.05. The molecule has 1 N–H and O–H groups in total. The van der Waals surface area contributed by atoms with Gasteiger partial charge in [0.1, 0.15) is 11.8 Å². The third kappa shape index (κ3) is 4.24. The van der Waals surface area contributed by atoms with Gasteiger partial charge in [0.15, 0.2) is 6.61 Å². The van der Waals surface area contributed by atoms with Crippen LogP contribution >= 0.6 is 11.6 Å². The molecule has 0 unspecified atom stereocenters. The predicted octanol–water partition coefficient (Wildman–Crippen LogP) is 3.85. The molecule has 0 aliphatic carbocycles. The van der Waals surface area contributed by atoms with E-state index in [1.165, 1.54) is 6.07 Å². The number of carbonyl (C=O) groups excluding carboxylic acids is 1. The number of amides is 1. The van der Waals surface area contributed by atoms with Crippen LogP contribution in [0.15, 0.2) is 36.4 Å². The fraction of sp³-hybridized carbons (Fsp3) is 0.176. The molecule has 5 heteroatoms. The van der Waals surface area contributed by atoms with E-state index >= 15 is 0 Å². The van der Waals surface area contributed by atoms with Crippen molar-refractivity contribution in [3.05, 3.63) is 58.1 Å². The van der Waals surface area contributed by atoms with Crippen LogP contribution in [0.2, 0.25) is 5.02 Å². The van der Waals surface area contributed by atoms with Crippen molar-refractivity contribution in [1.82, 2.24) is 0 Å². The van der Waals surface area contributed by atoms with Gasteiger partial charge < -0.3 is 10.1 Å². The molecular weight excluding hydrogens is 300 g/mol. The van der Waals surface area contributed by atoms with Crippen molar-refractivity contribution in [3.8, 4) is 11.8 Å². The molecule has 2 rings (SSSR count). The number of nitriles is 1. The molecule has 2 aromatic carbocycles. The van der Waals surface area contributed by atoms with Crippen molar-refractivity contribution in [1.29, 1.82) is 5.26 Å². The van der Waals surface area contributed by atoms with E-state index in [0.717, 1.165) is 11.1 Å². The van der Waals surface area contributed by atoms with E-state index in [0.29, 0.717) is 22.0 Å². The van der Waals surface area contributed by atoms with E-state index < -0.39 is 0 Å². The normalized spacial score (nSPS) is 9.91. The molecule has 112 valence electrons. The summed E-state index contributed by atoms with van der Waals surface area (Å²) in [5, 5.41) is 11.8. The third-order valence-electron chi connectivity index (χ3n) is 2.94. The molecule has 0 aliphatic rings.